The SMILES string of the molecule is NC1(c2ccc(C(F)(F)F)cc2)CCc2ccccc21. The summed E-state index contributed by atoms with van der Waals surface area (Å²) in [4.78, 5) is 0. The number of alkyl halides is 3. The van der Waals surface area contributed by atoms with E-state index in [9.17, 15) is 13.2 Å². The van der Waals surface area contributed by atoms with Crippen molar-refractivity contribution < 1.29 is 13.2 Å². The van der Waals surface area contributed by atoms with Gasteiger partial charge in [0.25, 0.3) is 0 Å². The molecule has 0 saturated carbocycles. The highest BCUT2D eigenvalue weighted by atomic mass is 19.4. The monoisotopic (exact) mass is 277 g/mol. The van der Waals surface area contributed by atoms with Crippen LogP contribution in [0.3, 0.4) is 0 Å². The molecule has 1 nitrogen and oxygen atoms in total. The van der Waals surface area contributed by atoms with E-state index in [0.717, 1.165) is 36.1 Å². The standard InChI is InChI=1S/C16H14F3N/c17-16(18,19)13-7-5-12(6-8-13)15(20)10-9-11-3-1-2-4-14(11)15/h1-8H,9-10,20H2. The maximum Gasteiger partial charge on any atom is 0.416 e. The smallest absolute Gasteiger partial charge is 0.318 e. The average molecular weight is 277 g/mol. The minimum Gasteiger partial charge on any atom is -0.318 e. The third kappa shape index (κ3) is 2.00. The predicted octanol–water partition coefficient (Wildman–Crippen LogP) is 3.85. The van der Waals surface area contributed by atoms with Gasteiger partial charge in [0.1, 0.15) is 0 Å². The lowest BCUT2D eigenvalue weighted by Gasteiger charge is -2.26. The second-order valence-corrected chi connectivity index (χ2v) is 5.20. The van der Waals surface area contributed by atoms with Crippen LogP contribution in [0, 0.1) is 0 Å². The third-order valence-corrected chi connectivity index (χ3v) is 4.01. The van der Waals surface area contributed by atoms with E-state index in [4.69, 9.17) is 5.73 Å². The lowest BCUT2D eigenvalue weighted by Crippen LogP contribution is -2.35. The van der Waals surface area contributed by atoms with Crippen LogP contribution in [0.15, 0.2) is 48.5 Å². The van der Waals surface area contributed by atoms with E-state index in [1.165, 1.54) is 17.7 Å². The highest BCUT2D eigenvalue weighted by Crippen LogP contribution is 2.40. The number of fused-ring (bicyclic) bond motifs is 1. The maximum atomic E-state index is 12.6. The molecule has 1 unspecified atom stereocenters. The Labute approximate surface area is 115 Å². The van der Waals surface area contributed by atoms with Crippen LogP contribution in [0.4, 0.5) is 13.2 Å². The number of rotatable bonds is 1. The molecule has 1 aliphatic rings. The van der Waals surface area contributed by atoms with Crippen molar-refractivity contribution in [2.45, 2.75) is 24.6 Å². The molecule has 2 aromatic rings. The van der Waals surface area contributed by atoms with Crippen LogP contribution in [0.25, 0.3) is 0 Å². The molecule has 3 rings (SSSR count). The van der Waals surface area contributed by atoms with Crippen molar-refractivity contribution in [3.05, 3.63) is 70.8 Å². The highest BCUT2D eigenvalue weighted by molar-refractivity contribution is 5.47. The van der Waals surface area contributed by atoms with Crippen LogP contribution < -0.4 is 5.73 Å². The van der Waals surface area contributed by atoms with Gasteiger partial charge in [-0.1, -0.05) is 36.4 Å². The van der Waals surface area contributed by atoms with Gasteiger partial charge in [0.15, 0.2) is 0 Å². The first-order valence-electron chi connectivity index (χ1n) is 6.46. The minimum atomic E-state index is -4.31. The number of benzene rings is 2. The van der Waals surface area contributed by atoms with E-state index in [1.807, 2.05) is 24.3 Å². The molecule has 0 bridgehead atoms. The summed E-state index contributed by atoms with van der Waals surface area (Å²) in [6, 6.07) is 13.0. The first-order valence-corrected chi connectivity index (χ1v) is 6.46. The molecule has 0 aliphatic heterocycles. The number of hydrogen-bond donors (Lipinski definition) is 1. The van der Waals surface area contributed by atoms with Crippen molar-refractivity contribution >= 4 is 0 Å². The maximum absolute atomic E-state index is 12.6. The van der Waals surface area contributed by atoms with Crippen molar-refractivity contribution in [2.24, 2.45) is 5.73 Å². The van der Waals surface area contributed by atoms with Gasteiger partial charge in [0, 0.05) is 0 Å². The Morgan fingerprint density at radius 1 is 0.950 bits per heavy atom. The fourth-order valence-electron chi connectivity index (χ4n) is 2.90. The molecule has 0 radical (unpaired) electrons. The third-order valence-electron chi connectivity index (χ3n) is 4.01. The topological polar surface area (TPSA) is 26.0 Å². The Morgan fingerprint density at radius 3 is 2.25 bits per heavy atom. The lowest BCUT2D eigenvalue weighted by atomic mass is 9.85. The molecule has 0 spiro atoms. The Bertz CT molecular complexity index is 631. The van der Waals surface area contributed by atoms with E-state index in [2.05, 4.69) is 0 Å². The number of hydrogen-bond acceptors (Lipinski definition) is 1. The van der Waals surface area contributed by atoms with Gasteiger partial charge in [-0.15, -0.1) is 0 Å². The van der Waals surface area contributed by atoms with E-state index >= 15 is 0 Å². The van der Waals surface area contributed by atoms with Crippen LogP contribution in [0.2, 0.25) is 0 Å². The van der Waals surface area contributed by atoms with Gasteiger partial charge in [-0.2, -0.15) is 13.2 Å². The van der Waals surface area contributed by atoms with E-state index in [-0.39, 0.29) is 0 Å². The van der Waals surface area contributed by atoms with Gasteiger partial charge in [-0.25, -0.2) is 0 Å². The zero-order valence-electron chi connectivity index (χ0n) is 10.7. The van der Waals surface area contributed by atoms with Crippen LogP contribution in [0.1, 0.15) is 28.7 Å². The van der Waals surface area contributed by atoms with Gasteiger partial charge < -0.3 is 5.73 Å². The van der Waals surface area contributed by atoms with Crippen LogP contribution >= 0.6 is 0 Å². The number of halogens is 3. The van der Waals surface area contributed by atoms with Crippen LogP contribution in [0.5, 0.6) is 0 Å². The molecule has 2 aromatic carbocycles. The molecule has 0 heterocycles. The molecule has 0 aromatic heterocycles. The fraction of sp³-hybridized carbons (Fsp3) is 0.250. The van der Waals surface area contributed by atoms with Crippen molar-refractivity contribution in [2.75, 3.05) is 0 Å². The van der Waals surface area contributed by atoms with Crippen molar-refractivity contribution in [1.29, 1.82) is 0 Å². The van der Waals surface area contributed by atoms with E-state index in [1.54, 1.807) is 0 Å². The molecule has 104 valence electrons. The minimum absolute atomic E-state index is 0.642. The number of nitrogens with two attached hydrogens (primary N) is 1. The first kappa shape index (κ1) is 13.2. The second-order valence-electron chi connectivity index (χ2n) is 5.20. The summed E-state index contributed by atoms with van der Waals surface area (Å²) >= 11 is 0. The Morgan fingerprint density at radius 2 is 1.60 bits per heavy atom. The average Bonchev–Trinajstić information content (AvgIpc) is 2.78. The molecule has 4 heteroatoms. The highest BCUT2D eigenvalue weighted by Gasteiger charge is 2.37. The van der Waals surface area contributed by atoms with E-state index in [0.29, 0.717) is 0 Å². The van der Waals surface area contributed by atoms with Crippen LogP contribution in [-0.2, 0) is 18.1 Å². The van der Waals surface area contributed by atoms with Gasteiger partial charge in [-0.05, 0) is 41.7 Å². The Kier molecular flexibility index (Phi) is 2.87. The summed E-state index contributed by atoms with van der Waals surface area (Å²) in [6.45, 7) is 0. The zero-order valence-corrected chi connectivity index (χ0v) is 10.7. The van der Waals surface area contributed by atoms with Gasteiger partial charge in [0.05, 0.1) is 11.1 Å². The molecule has 20 heavy (non-hydrogen) atoms. The van der Waals surface area contributed by atoms with Crippen LogP contribution in [-0.4, -0.2) is 0 Å². The normalized spacial score (nSPS) is 21.8. The van der Waals surface area contributed by atoms with Gasteiger partial charge in [-0.3, -0.25) is 0 Å². The van der Waals surface area contributed by atoms with Crippen molar-refractivity contribution in [3.8, 4) is 0 Å². The Hall–Kier alpha value is -1.81. The largest absolute Gasteiger partial charge is 0.416 e. The molecule has 0 amide bonds. The predicted molar refractivity (Wildman–Crippen MR) is 71.2 cm³/mol. The fourth-order valence-corrected chi connectivity index (χ4v) is 2.90. The molecule has 0 saturated heterocycles. The molecular weight excluding hydrogens is 263 g/mol. The molecule has 0 fully saturated rings. The molecule has 1 aliphatic carbocycles. The summed E-state index contributed by atoms with van der Waals surface area (Å²) in [5.41, 5.74) is 8.07. The lowest BCUT2D eigenvalue weighted by molar-refractivity contribution is -0.137. The van der Waals surface area contributed by atoms with Crippen molar-refractivity contribution in [1.82, 2.24) is 0 Å². The van der Waals surface area contributed by atoms with Crippen molar-refractivity contribution in [3.63, 3.8) is 0 Å². The van der Waals surface area contributed by atoms with Gasteiger partial charge >= 0.3 is 6.18 Å². The number of aryl methyl sites for hydroxylation is 1. The molecular formula is C16H14F3N. The summed E-state index contributed by atoms with van der Waals surface area (Å²) < 4.78 is 37.8. The first-order chi connectivity index (χ1) is 9.41. The van der Waals surface area contributed by atoms with E-state index < -0.39 is 17.3 Å². The summed E-state index contributed by atoms with van der Waals surface area (Å²) in [6.07, 6.45) is -2.74. The Balaban J connectivity index is 2.02. The quantitative estimate of drug-likeness (QED) is 0.841. The summed E-state index contributed by atoms with van der Waals surface area (Å²) in [5.74, 6) is 0. The zero-order chi connectivity index (χ0) is 14.4. The summed E-state index contributed by atoms with van der Waals surface area (Å²) in [5, 5.41) is 0. The molecule has 1 atom stereocenters. The second kappa shape index (κ2) is 4.35. The van der Waals surface area contributed by atoms with Gasteiger partial charge in [0.2, 0.25) is 0 Å². The molecule has 2 N–H and O–H groups in total. The summed E-state index contributed by atoms with van der Waals surface area (Å²) in [7, 11) is 0.